The number of carbonyl (C=O) groups excluding carboxylic acids is 2. The van der Waals surface area contributed by atoms with Gasteiger partial charge in [-0.3, -0.25) is 4.79 Å². The monoisotopic (exact) mass is 411 g/mol. The number of hydrogen-bond acceptors (Lipinski definition) is 6. The van der Waals surface area contributed by atoms with Crippen LogP contribution in [0.5, 0.6) is 0 Å². The Kier molecular flexibility index (Phi) is 7.96. The Morgan fingerprint density at radius 1 is 1.10 bits per heavy atom. The average molecular weight is 412 g/mol. The van der Waals surface area contributed by atoms with Gasteiger partial charge in [0.05, 0.1) is 12.0 Å². The minimum absolute atomic E-state index is 0.0363. The van der Waals surface area contributed by atoms with Crippen LogP contribution in [-0.2, 0) is 14.3 Å². The Morgan fingerprint density at radius 3 is 2.17 bits per heavy atom. The van der Waals surface area contributed by atoms with Crippen LogP contribution in [0.1, 0.15) is 79.6 Å². The van der Waals surface area contributed by atoms with Gasteiger partial charge in [-0.2, -0.15) is 0 Å². The number of hydrogen-bond donors (Lipinski definition) is 2. The molecule has 0 unspecified atom stereocenters. The fraction of sp³-hybridized carbons (Fsp3) is 0.909. The number of nitrogens with zero attached hydrogens (tertiary/aromatic N) is 1. The van der Waals surface area contributed by atoms with E-state index >= 15 is 0 Å². The number of nitrogens with one attached hydrogen (secondary N) is 1. The molecule has 29 heavy (non-hydrogen) atoms. The maximum atomic E-state index is 12.4. The van der Waals surface area contributed by atoms with Crippen LogP contribution >= 0.6 is 0 Å². The highest BCUT2D eigenvalue weighted by molar-refractivity contribution is 5.77. The van der Waals surface area contributed by atoms with E-state index in [0.29, 0.717) is 25.7 Å². The number of likely N-dealkylation sites (tertiary alicyclic amines) is 1. The third-order valence-electron chi connectivity index (χ3n) is 6.48. The molecule has 1 amide bonds. The van der Waals surface area contributed by atoms with E-state index in [1.165, 1.54) is 0 Å². The fourth-order valence-corrected chi connectivity index (χ4v) is 4.35. The zero-order valence-electron chi connectivity index (χ0n) is 19.0. The normalized spacial score (nSPS) is 27.4. The second-order valence-corrected chi connectivity index (χ2v) is 9.84. The van der Waals surface area contributed by atoms with E-state index in [4.69, 9.17) is 15.2 Å². The lowest BCUT2D eigenvalue weighted by Crippen LogP contribution is -2.58. The second-order valence-electron chi connectivity index (χ2n) is 9.84. The number of carbonyl (C=O) groups is 2. The van der Waals surface area contributed by atoms with Gasteiger partial charge < -0.3 is 25.4 Å². The summed E-state index contributed by atoms with van der Waals surface area (Å²) in [6.45, 7) is 12.0. The van der Waals surface area contributed by atoms with Crippen LogP contribution in [0.4, 0.5) is 4.79 Å². The molecule has 1 heterocycles. The van der Waals surface area contributed by atoms with E-state index in [-0.39, 0.29) is 23.0 Å². The molecule has 1 aliphatic heterocycles. The van der Waals surface area contributed by atoms with Gasteiger partial charge in [-0.25, -0.2) is 4.79 Å². The Hall–Kier alpha value is -1.34. The summed E-state index contributed by atoms with van der Waals surface area (Å²) >= 11 is 0. The molecular formula is C22H41N3O4. The number of rotatable bonds is 6. The Labute approximate surface area is 176 Å². The minimum atomic E-state index is -0.478. The highest BCUT2D eigenvalue weighted by Gasteiger charge is 2.42. The lowest BCUT2D eigenvalue weighted by Gasteiger charge is -2.42. The molecule has 0 bridgehead atoms. The standard InChI is InChI=1S/C22H41N3O4/c1-6-21(18(26)28-7-2)10-8-17(9-11-21)24-16-22(23)12-14-25(15-13-22)19(27)29-20(3,4)5/h17,24H,6-16,23H2,1-5H3. The van der Waals surface area contributed by atoms with E-state index in [1.807, 2.05) is 27.7 Å². The van der Waals surface area contributed by atoms with Crippen LogP contribution < -0.4 is 11.1 Å². The topological polar surface area (TPSA) is 93.9 Å². The van der Waals surface area contributed by atoms with Crippen LogP contribution in [0.15, 0.2) is 0 Å². The molecule has 0 aromatic heterocycles. The molecular weight excluding hydrogens is 370 g/mol. The molecule has 0 atom stereocenters. The molecule has 2 fully saturated rings. The van der Waals surface area contributed by atoms with Gasteiger partial charge in [-0.1, -0.05) is 6.92 Å². The van der Waals surface area contributed by atoms with Crippen LogP contribution in [0.25, 0.3) is 0 Å². The van der Waals surface area contributed by atoms with Crippen LogP contribution in [0.2, 0.25) is 0 Å². The Bertz CT molecular complexity index is 557. The summed E-state index contributed by atoms with van der Waals surface area (Å²) in [7, 11) is 0. The third-order valence-corrected chi connectivity index (χ3v) is 6.48. The first-order chi connectivity index (χ1) is 13.5. The van der Waals surface area contributed by atoms with E-state index in [9.17, 15) is 9.59 Å². The van der Waals surface area contributed by atoms with E-state index in [0.717, 1.165) is 51.5 Å². The third kappa shape index (κ3) is 6.57. The highest BCUT2D eigenvalue weighted by atomic mass is 16.6. The highest BCUT2D eigenvalue weighted by Crippen LogP contribution is 2.40. The lowest BCUT2D eigenvalue weighted by molar-refractivity contribution is -0.158. The van der Waals surface area contributed by atoms with Crippen LogP contribution in [-0.4, -0.2) is 60.4 Å². The summed E-state index contributed by atoms with van der Waals surface area (Å²) in [5, 5.41) is 3.64. The van der Waals surface area contributed by atoms with Gasteiger partial charge in [0.25, 0.3) is 0 Å². The summed E-state index contributed by atoms with van der Waals surface area (Å²) < 4.78 is 10.8. The van der Waals surface area contributed by atoms with Crippen molar-refractivity contribution in [2.45, 2.75) is 96.7 Å². The largest absolute Gasteiger partial charge is 0.466 e. The molecule has 7 nitrogen and oxygen atoms in total. The average Bonchev–Trinajstić information content (AvgIpc) is 2.66. The maximum Gasteiger partial charge on any atom is 0.410 e. The van der Waals surface area contributed by atoms with Gasteiger partial charge in [0.15, 0.2) is 0 Å². The first-order valence-corrected chi connectivity index (χ1v) is 11.2. The van der Waals surface area contributed by atoms with Gasteiger partial charge in [-0.15, -0.1) is 0 Å². The molecule has 7 heteroatoms. The summed E-state index contributed by atoms with van der Waals surface area (Å²) in [6, 6.07) is 0.383. The summed E-state index contributed by atoms with van der Waals surface area (Å²) in [5.41, 5.74) is 5.52. The zero-order chi connectivity index (χ0) is 21.7. The number of ether oxygens (including phenoxy) is 2. The molecule has 0 aromatic carbocycles. The van der Waals surface area contributed by atoms with Crippen molar-refractivity contribution < 1.29 is 19.1 Å². The maximum absolute atomic E-state index is 12.4. The Balaban J connectivity index is 1.77. The molecule has 1 saturated carbocycles. The number of esters is 1. The van der Waals surface area contributed by atoms with E-state index < -0.39 is 5.60 Å². The van der Waals surface area contributed by atoms with Gasteiger partial charge in [0, 0.05) is 31.2 Å². The van der Waals surface area contributed by atoms with Crippen LogP contribution in [0, 0.1) is 5.41 Å². The molecule has 0 spiro atoms. The van der Waals surface area contributed by atoms with Crippen molar-refractivity contribution in [1.29, 1.82) is 0 Å². The predicted molar refractivity (Wildman–Crippen MR) is 114 cm³/mol. The molecule has 2 rings (SSSR count). The number of piperidine rings is 1. The van der Waals surface area contributed by atoms with Crippen molar-refractivity contribution in [2.24, 2.45) is 11.1 Å². The smallest absolute Gasteiger partial charge is 0.410 e. The SMILES string of the molecule is CCOC(=O)C1(CC)CCC(NCC2(N)CCN(C(=O)OC(C)(C)C)CC2)CC1. The molecule has 3 N–H and O–H groups in total. The van der Waals surface area contributed by atoms with E-state index in [2.05, 4.69) is 12.2 Å². The molecule has 0 radical (unpaired) electrons. The van der Waals surface area contributed by atoms with Gasteiger partial charge in [-0.05, 0) is 72.6 Å². The van der Waals surface area contributed by atoms with Crippen molar-refractivity contribution in [3.05, 3.63) is 0 Å². The number of nitrogens with two attached hydrogens (primary N) is 1. The summed E-state index contributed by atoms with van der Waals surface area (Å²) in [5.74, 6) is -0.0363. The minimum Gasteiger partial charge on any atom is -0.466 e. The zero-order valence-corrected chi connectivity index (χ0v) is 19.0. The summed E-state index contributed by atoms with van der Waals surface area (Å²) in [6.07, 6.45) is 5.75. The first kappa shape index (κ1) is 23.9. The fourth-order valence-electron chi connectivity index (χ4n) is 4.35. The van der Waals surface area contributed by atoms with Crippen LogP contribution in [0.3, 0.4) is 0 Å². The second kappa shape index (κ2) is 9.65. The lowest BCUT2D eigenvalue weighted by atomic mass is 9.70. The van der Waals surface area contributed by atoms with E-state index in [1.54, 1.807) is 4.90 Å². The van der Waals surface area contributed by atoms with Gasteiger partial charge >= 0.3 is 12.1 Å². The van der Waals surface area contributed by atoms with Crippen molar-refractivity contribution in [2.75, 3.05) is 26.2 Å². The van der Waals surface area contributed by atoms with Crippen molar-refractivity contribution in [1.82, 2.24) is 10.2 Å². The first-order valence-electron chi connectivity index (χ1n) is 11.2. The van der Waals surface area contributed by atoms with Gasteiger partial charge in [0.2, 0.25) is 0 Å². The van der Waals surface area contributed by atoms with Crippen molar-refractivity contribution in [3.8, 4) is 0 Å². The summed E-state index contributed by atoms with van der Waals surface area (Å²) in [4.78, 5) is 26.4. The predicted octanol–water partition coefficient (Wildman–Crippen LogP) is 3.21. The molecule has 2 aliphatic rings. The van der Waals surface area contributed by atoms with Crippen molar-refractivity contribution in [3.63, 3.8) is 0 Å². The molecule has 168 valence electrons. The van der Waals surface area contributed by atoms with Crippen molar-refractivity contribution >= 4 is 12.1 Å². The quantitative estimate of drug-likeness (QED) is 0.652. The number of amides is 1. The molecule has 0 aromatic rings. The Morgan fingerprint density at radius 2 is 1.69 bits per heavy atom. The molecule has 1 saturated heterocycles. The molecule has 1 aliphatic carbocycles. The van der Waals surface area contributed by atoms with Gasteiger partial charge in [0.1, 0.15) is 5.60 Å².